The summed E-state index contributed by atoms with van der Waals surface area (Å²) in [5.74, 6) is -0.930. The fourth-order valence-electron chi connectivity index (χ4n) is 4.26. The zero-order chi connectivity index (χ0) is 14.9. The van der Waals surface area contributed by atoms with Crippen molar-refractivity contribution >= 4 is 11.9 Å². The second kappa shape index (κ2) is 5.95. The summed E-state index contributed by atoms with van der Waals surface area (Å²) < 4.78 is 5.29. The normalized spacial score (nSPS) is 29.2. The first-order valence-corrected chi connectivity index (χ1v) is 8.21. The highest BCUT2D eigenvalue weighted by Gasteiger charge is 2.58. The Hall–Kier alpha value is -1.10. The topological polar surface area (TPSA) is 75.6 Å². The SMILES string of the molecule is O=C(O)C(CNC(=O)C1CC12CCCC2)C1CCOCC1. The van der Waals surface area contributed by atoms with Crippen molar-refractivity contribution < 1.29 is 19.4 Å². The van der Waals surface area contributed by atoms with Gasteiger partial charge in [0.2, 0.25) is 5.91 Å². The van der Waals surface area contributed by atoms with Crippen molar-refractivity contribution in [3.05, 3.63) is 0 Å². The number of ether oxygens (including phenoxy) is 1. The number of nitrogens with one attached hydrogen (secondary N) is 1. The molecule has 1 heterocycles. The van der Waals surface area contributed by atoms with Gasteiger partial charge in [0.1, 0.15) is 0 Å². The van der Waals surface area contributed by atoms with Crippen molar-refractivity contribution in [3.63, 3.8) is 0 Å². The van der Waals surface area contributed by atoms with Crippen LogP contribution in [0.25, 0.3) is 0 Å². The number of rotatable bonds is 5. The van der Waals surface area contributed by atoms with E-state index in [9.17, 15) is 14.7 Å². The van der Waals surface area contributed by atoms with Crippen LogP contribution in [0.2, 0.25) is 0 Å². The van der Waals surface area contributed by atoms with Gasteiger partial charge in [-0.1, -0.05) is 12.8 Å². The molecule has 1 spiro atoms. The van der Waals surface area contributed by atoms with E-state index in [1.807, 2.05) is 0 Å². The van der Waals surface area contributed by atoms with Gasteiger partial charge in [0, 0.05) is 25.7 Å². The summed E-state index contributed by atoms with van der Waals surface area (Å²) in [5, 5.41) is 12.3. The molecule has 0 bridgehead atoms. The maximum absolute atomic E-state index is 12.2. The van der Waals surface area contributed by atoms with Crippen molar-refractivity contribution in [2.45, 2.75) is 44.9 Å². The molecule has 21 heavy (non-hydrogen) atoms. The van der Waals surface area contributed by atoms with Gasteiger partial charge in [-0.15, -0.1) is 0 Å². The number of aliphatic carboxylic acids is 1. The Morgan fingerprint density at radius 3 is 2.52 bits per heavy atom. The highest BCUT2D eigenvalue weighted by atomic mass is 16.5. The van der Waals surface area contributed by atoms with Gasteiger partial charge in [0.25, 0.3) is 0 Å². The third-order valence-electron chi connectivity index (χ3n) is 5.75. The molecule has 3 aliphatic rings. The first-order chi connectivity index (χ1) is 10.1. The summed E-state index contributed by atoms with van der Waals surface area (Å²) >= 11 is 0. The van der Waals surface area contributed by atoms with Crippen molar-refractivity contribution in [3.8, 4) is 0 Å². The van der Waals surface area contributed by atoms with E-state index in [1.54, 1.807) is 0 Å². The average molecular weight is 295 g/mol. The lowest BCUT2D eigenvalue weighted by molar-refractivity contribution is -0.145. The second-order valence-corrected chi connectivity index (χ2v) is 6.97. The first-order valence-electron chi connectivity index (χ1n) is 8.21. The van der Waals surface area contributed by atoms with Crippen LogP contribution in [-0.4, -0.2) is 36.7 Å². The van der Waals surface area contributed by atoms with Crippen LogP contribution in [0, 0.1) is 23.2 Å². The van der Waals surface area contributed by atoms with Crippen molar-refractivity contribution in [2.24, 2.45) is 23.2 Å². The third kappa shape index (κ3) is 3.07. The fourth-order valence-corrected chi connectivity index (χ4v) is 4.26. The number of carbonyl (C=O) groups excluding carboxylic acids is 1. The molecule has 5 heteroatoms. The zero-order valence-electron chi connectivity index (χ0n) is 12.5. The number of carbonyl (C=O) groups is 2. The Bertz CT molecular complexity index is 411. The standard InChI is InChI=1S/C16H25NO4/c18-14(13-9-16(13)5-1-2-6-16)17-10-12(15(19)20)11-3-7-21-8-4-11/h11-13H,1-10H2,(H,17,18)(H,19,20). The summed E-state index contributed by atoms with van der Waals surface area (Å²) in [6, 6.07) is 0. The predicted octanol–water partition coefficient (Wildman–Crippen LogP) is 1.81. The molecule has 0 radical (unpaired) electrons. The summed E-state index contributed by atoms with van der Waals surface area (Å²) in [6.07, 6.45) is 7.39. The lowest BCUT2D eigenvalue weighted by Gasteiger charge is -2.27. The maximum atomic E-state index is 12.2. The Kier molecular flexibility index (Phi) is 4.20. The minimum atomic E-state index is -0.798. The van der Waals surface area contributed by atoms with Gasteiger partial charge in [-0.25, -0.2) is 0 Å². The molecule has 1 saturated heterocycles. The molecule has 2 saturated carbocycles. The Balaban J connectivity index is 1.50. The summed E-state index contributed by atoms with van der Waals surface area (Å²) in [6.45, 7) is 1.54. The fraction of sp³-hybridized carbons (Fsp3) is 0.875. The van der Waals surface area contributed by atoms with E-state index in [1.165, 1.54) is 25.7 Å². The highest BCUT2D eigenvalue weighted by molar-refractivity contribution is 5.83. The molecule has 118 valence electrons. The quantitative estimate of drug-likeness (QED) is 0.811. The number of amides is 1. The molecule has 1 amide bonds. The second-order valence-electron chi connectivity index (χ2n) is 6.97. The van der Waals surface area contributed by atoms with Gasteiger partial charge in [-0.3, -0.25) is 9.59 Å². The number of hydrogen-bond donors (Lipinski definition) is 2. The smallest absolute Gasteiger partial charge is 0.308 e. The van der Waals surface area contributed by atoms with Gasteiger partial charge in [-0.05, 0) is 43.4 Å². The van der Waals surface area contributed by atoms with Gasteiger partial charge in [0.05, 0.1) is 5.92 Å². The first kappa shape index (κ1) is 14.8. The van der Waals surface area contributed by atoms with Gasteiger partial charge in [0.15, 0.2) is 0 Å². The Morgan fingerprint density at radius 1 is 1.24 bits per heavy atom. The van der Waals surface area contributed by atoms with E-state index in [-0.39, 0.29) is 29.7 Å². The molecule has 3 fully saturated rings. The molecule has 0 aromatic heterocycles. The van der Waals surface area contributed by atoms with Crippen LogP contribution in [0.15, 0.2) is 0 Å². The van der Waals surface area contributed by atoms with E-state index in [0.717, 1.165) is 19.3 Å². The Morgan fingerprint density at radius 2 is 1.90 bits per heavy atom. The van der Waals surface area contributed by atoms with Crippen LogP contribution in [0.1, 0.15) is 44.9 Å². The van der Waals surface area contributed by atoms with Crippen LogP contribution in [-0.2, 0) is 14.3 Å². The van der Waals surface area contributed by atoms with E-state index in [4.69, 9.17) is 4.74 Å². The molecular weight excluding hydrogens is 270 g/mol. The lowest BCUT2D eigenvalue weighted by atomic mass is 9.86. The van der Waals surface area contributed by atoms with Crippen LogP contribution in [0.5, 0.6) is 0 Å². The molecule has 2 unspecified atom stereocenters. The van der Waals surface area contributed by atoms with Crippen LogP contribution < -0.4 is 5.32 Å². The molecule has 5 nitrogen and oxygen atoms in total. The zero-order valence-corrected chi connectivity index (χ0v) is 12.5. The van der Waals surface area contributed by atoms with E-state index in [0.29, 0.717) is 13.2 Å². The lowest BCUT2D eigenvalue weighted by Crippen LogP contribution is -2.39. The van der Waals surface area contributed by atoms with Crippen LogP contribution in [0.3, 0.4) is 0 Å². The van der Waals surface area contributed by atoms with Crippen molar-refractivity contribution in [2.75, 3.05) is 19.8 Å². The van der Waals surface area contributed by atoms with Gasteiger partial charge in [-0.2, -0.15) is 0 Å². The Labute approximate surface area is 125 Å². The number of carboxylic acid groups (broad SMARTS) is 1. The molecular formula is C16H25NO4. The molecule has 0 aromatic carbocycles. The predicted molar refractivity (Wildman–Crippen MR) is 76.7 cm³/mol. The van der Waals surface area contributed by atoms with Crippen molar-refractivity contribution in [1.29, 1.82) is 0 Å². The monoisotopic (exact) mass is 295 g/mol. The number of carboxylic acids is 1. The largest absolute Gasteiger partial charge is 0.481 e. The van der Waals surface area contributed by atoms with E-state index >= 15 is 0 Å². The molecule has 0 aromatic rings. The van der Waals surface area contributed by atoms with Crippen LogP contribution >= 0.6 is 0 Å². The molecule has 2 atom stereocenters. The summed E-state index contributed by atoms with van der Waals surface area (Å²) in [7, 11) is 0. The van der Waals surface area contributed by atoms with Crippen molar-refractivity contribution in [1.82, 2.24) is 5.32 Å². The maximum Gasteiger partial charge on any atom is 0.308 e. The third-order valence-corrected chi connectivity index (χ3v) is 5.75. The average Bonchev–Trinajstić information content (AvgIpc) is 2.97. The highest BCUT2D eigenvalue weighted by Crippen LogP contribution is 2.62. The number of hydrogen-bond acceptors (Lipinski definition) is 3. The van der Waals surface area contributed by atoms with Crippen LogP contribution in [0.4, 0.5) is 0 Å². The minimum absolute atomic E-state index is 0.0789. The molecule has 3 rings (SSSR count). The molecule has 2 aliphatic carbocycles. The van der Waals surface area contributed by atoms with Gasteiger partial charge >= 0.3 is 5.97 Å². The molecule has 1 aliphatic heterocycles. The summed E-state index contributed by atoms with van der Waals surface area (Å²) in [5.41, 5.74) is 0.279. The molecule has 2 N–H and O–H groups in total. The summed E-state index contributed by atoms with van der Waals surface area (Å²) in [4.78, 5) is 23.7. The van der Waals surface area contributed by atoms with Gasteiger partial charge < -0.3 is 15.2 Å². The minimum Gasteiger partial charge on any atom is -0.481 e. The van der Waals surface area contributed by atoms with E-state index < -0.39 is 11.9 Å². The van der Waals surface area contributed by atoms with E-state index in [2.05, 4.69) is 5.32 Å².